The minimum atomic E-state index is 0.416. The zero-order valence-electron chi connectivity index (χ0n) is 12.4. The molecule has 1 aromatic heterocycles. The minimum absolute atomic E-state index is 0.416. The molecule has 2 heterocycles. The number of hydrogen-bond donors (Lipinski definition) is 1. The van der Waals surface area contributed by atoms with Gasteiger partial charge in [0, 0.05) is 30.9 Å². The quantitative estimate of drug-likeness (QED) is 0.903. The average Bonchev–Trinajstić information content (AvgIpc) is 2.66. The van der Waals surface area contributed by atoms with Crippen LogP contribution in [0.3, 0.4) is 0 Å². The Labute approximate surface area is 116 Å². The second kappa shape index (κ2) is 6.73. The lowest BCUT2D eigenvalue weighted by Crippen LogP contribution is -2.26. The van der Waals surface area contributed by atoms with Crippen LogP contribution in [0.1, 0.15) is 51.6 Å². The molecule has 4 heteroatoms. The molecule has 19 heavy (non-hydrogen) atoms. The lowest BCUT2D eigenvalue weighted by Gasteiger charge is -2.22. The van der Waals surface area contributed by atoms with Crippen molar-refractivity contribution in [2.24, 2.45) is 0 Å². The largest absolute Gasteiger partial charge is 0.356 e. The van der Waals surface area contributed by atoms with Crippen LogP contribution >= 0.6 is 0 Å². The van der Waals surface area contributed by atoms with E-state index >= 15 is 0 Å². The maximum atomic E-state index is 4.69. The molecular formula is C15H26N4. The van der Waals surface area contributed by atoms with E-state index in [1.54, 1.807) is 0 Å². The van der Waals surface area contributed by atoms with Gasteiger partial charge in [-0.1, -0.05) is 19.8 Å². The van der Waals surface area contributed by atoms with E-state index in [0.717, 1.165) is 37.0 Å². The zero-order chi connectivity index (χ0) is 13.7. The van der Waals surface area contributed by atoms with Gasteiger partial charge in [0.2, 0.25) is 5.95 Å². The molecule has 1 fully saturated rings. The number of nitrogens with zero attached hydrogens (tertiary/aromatic N) is 3. The molecule has 0 aliphatic carbocycles. The van der Waals surface area contributed by atoms with E-state index in [2.05, 4.69) is 35.1 Å². The van der Waals surface area contributed by atoms with Gasteiger partial charge in [0.1, 0.15) is 5.82 Å². The summed E-state index contributed by atoms with van der Waals surface area (Å²) in [6.07, 6.45) is 6.32. The molecule has 1 saturated heterocycles. The van der Waals surface area contributed by atoms with Crippen LogP contribution in [0.25, 0.3) is 0 Å². The van der Waals surface area contributed by atoms with Crippen molar-refractivity contribution < 1.29 is 0 Å². The van der Waals surface area contributed by atoms with Crippen LogP contribution in [-0.2, 0) is 0 Å². The van der Waals surface area contributed by atoms with Gasteiger partial charge in [-0.05, 0) is 33.1 Å². The first kappa shape index (κ1) is 14.1. The Morgan fingerprint density at radius 2 is 1.89 bits per heavy atom. The lowest BCUT2D eigenvalue weighted by molar-refractivity contribution is 0.726. The second-order valence-corrected chi connectivity index (χ2v) is 5.55. The molecule has 1 unspecified atom stereocenters. The smallest absolute Gasteiger partial charge is 0.225 e. The summed E-state index contributed by atoms with van der Waals surface area (Å²) in [6.45, 7) is 8.63. The average molecular weight is 262 g/mol. The van der Waals surface area contributed by atoms with Crippen molar-refractivity contribution in [2.75, 3.05) is 23.3 Å². The molecule has 0 radical (unpaired) electrons. The third kappa shape index (κ3) is 4.08. The van der Waals surface area contributed by atoms with Crippen molar-refractivity contribution in [1.29, 1.82) is 0 Å². The lowest BCUT2D eigenvalue weighted by atomic mass is 10.2. The maximum absolute atomic E-state index is 4.69. The summed E-state index contributed by atoms with van der Waals surface area (Å²) in [7, 11) is 0. The van der Waals surface area contributed by atoms with Crippen LogP contribution in [0.15, 0.2) is 6.07 Å². The van der Waals surface area contributed by atoms with E-state index in [0.29, 0.717) is 6.04 Å². The Morgan fingerprint density at radius 3 is 2.53 bits per heavy atom. The SMILES string of the molecule is CCC(C)Nc1nc(C)cc(N2CCCCCC2)n1. The molecule has 1 atom stereocenters. The first-order valence-corrected chi connectivity index (χ1v) is 7.56. The van der Waals surface area contributed by atoms with E-state index in [9.17, 15) is 0 Å². The Bertz CT molecular complexity index is 397. The van der Waals surface area contributed by atoms with E-state index < -0.39 is 0 Å². The third-order valence-electron chi connectivity index (χ3n) is 3.76. The van der Waals surface area contributed by atoms with E-state index in [1.807, 2.05) is 6.92 Å². The minimum Gasteiger partial charge on any atom is -0.356 e. The van der Waals surface area contributed by atoms with Gasteiger partial charge in [-0.25, -0.2) is 4.98 Å². The number of anilines is 2. The predicted octanol–water partition coefficient (Wildman–Crippen LogP) is 3.38. The summed E-state index contributed by atoms with van der Waals surface area (Å²) in [6, 6.07) is 2.52. The first-order chi connectivity index (χ1) is 9.19. The Balaban J connectivity index is 2.15. The van der Waals surface area contributed by atoms with Crippen molar-refractivity contribution in [1.82, 2.24) is 9.97 Å². The van der Waals surface area contributed by atoms with Gasteiger partial charge in [0.15, 0.2) is 0 Å². The molecule has 0 bridgehead atoms. The van der Waals surface area contributed by atoms with Crippen LogP contribution < -0.4 is 10.2 Å². The van der Waals surface area contributed by atoms with Crippen molar-refractivity contribution in [3.05, 3.63) is 11.8 Å². The summed E-state index contributed by atoms with van der Waals surface area (Å²) < 4.78 is 0. The molecule has 1 N–H and O–H groups in total. The van der Waals surface area contributed by atoms with E-state index in [-0.39, 0.29) is 0 Å². The van der Waals surface area contributed by atoms with E-state index in [1.165, 1.54) is 25.7 Å². The normalized spacial score (nSPS) is 17.9. The standard InChI is InChI=1S/C15H26N4/c1-4-12(2)16-15-17-13(3)11-14(18-15)19-9-7-5-6-8-10-19/h11-12H,4-10H2,1-3H3,(H,16,17,18). The fraction of sp³-hybridized carbons (Fsp3) is 0.733. The van der Waals surface area contributed by atoms with Gasteiger partial charge in [0.05, 0.1) is 0 Å². The number of aryl methyl sites for hydroxylation is 1. The summed E-state index contributed by atoms with van der Waals surface area (Å²) in [5.41, 5.74) is 1.04. The van der Waals surface area contributed by atoms with Gasteiger partial charge >= 0.3 is 0 Å². The molecule has 106 valence electrons. The van der Waals surface area contributed by atoms with Crippen LogP contribution in [0.4, 0.5) is 11.8 Å². The highest BCUT2D eigenvalue weighted by Gasteiger charge is 2.13. The number of rotatable bonds is 4. The van der Waals surface area contributed by atoms with Crippen molar-refractivity contribution in [3.8, 4) is 0 Å². The molecular weight excluding hydrogens is 236 g/mol. The van der Waals surface area contributed by atoms with Crippen molar-refractivity contribution in [2.45, 2.75) is 58.9 Å². The highest BCUT2D eigenvalue weighted by molar-refractivity contribution is 5.45. The fourth-order valence-electron chi connectivity index (χ4n) is 2.40. The molecule has 1 aromatic rings. The molecule has 0 amide bonds. The summed E-state index contributed by atoms with van der Waals surface area (Å²) in [4.78, 5) is 11.6. The topological polar surface area (TPSA) is 41.1 Å². The van der Waals surface area contributed by atoms with Gasteiger partial charge in [-0.15, -0.1) is 0 Å². The number of nitrogens with one attached hydrogen (secondary N) is 1. The Morgan fingerprint density at radius 1 is 1.21 bits per heavy atom. The van der Waals surface area contributed by atoms with Crippen LogP contribution in [0, 0.1) is 6.92 Å². The summed E-state index contributed by atoms with van der Waals surface area (Å²) in [5.74, 6) is 1.86. The van der Waals surface area contributed by atoms with Gasteiger partial charge in [0.25, 0.3) is 0 Å². The van der Waals surface area contributed by atoms with Crippen molar-refractivity contribution in [3.63, 3.8) is 0 Å². The number of hydrogen-bond acceptors (Lipinski definition) is 4. The number of aromatic nitrogens is 2. The highest BCUT2D eigenvalue weighted by atomic mass is 15.2. The Hall–Kier alpha value is -1.32. The summed E-state index contributed by atoms with van der Waals surface area (Å²) >= 11 is 0. The van der Waals surface area contributed by atoms with Gasteiger partial charge < -0.3 is 10.2 Å². The van der Waals surface area contributed by atoms with Crippen LogP contribution in [0.2, 0.25) is 0 Å². The van der Waals surface area contributed by atoms with Crippen LogP contribution in [-0.4, -0.2) is 29.1 Å². The molecule has 1 aliphatic heterocycles. The van der Waals surface area contributed by atoms with Crippen LogP contribution in [0.5, 0.6) is 0 Å². The predicted molar refractivity (Wildman–Crippen MR) is 80.8 cm³/mol. The molecule has 1 aliphatic rings. The van der Waals surface area contributed by atoms with Gasteiger partial charge in [-0.2, -0.15) is 4.98 Å². The molecule has 0 spiro atoms. The van der Waals surface area contributed by atoms with E-state index in [4.69, 9.17) is 4.98 Å². The van der Waals surface area contributed by atoms with Gasteiger partial charge in [-0.3, -0.25) is 0 Å². The first-order valence-electron chi connectivity index (χ1n) is 7.56. The monoisotopic (exact) mass is 262 g/mol. The molecule has 0 saturated carbocycles. The molecule has 0 aromatic carbocycles. The Kier molecular flexibility index (Phi) is 5.00. The maximum Gasteiger partial charge on any atom is 0.225 e. The second-order valence-electron chi connectivity index (χ2n) is 5.55. The highest BCUT2D eigenvalue weighted by Crippen LogP contribution is 2.19. The third-order valence-corrected chi connectivity index (χ3v) is 3.76. The molecule has 2 rings (SSSR count). The fourth-order valence-corrected chi connectivity index (χ4v) is 2.40. The van der Waals surface area contributed by atoms with Crippen molar-refractivity contribution >= 4 is 11.8 Å². The summed E-state index contributed by atoms with van der Waals surface area (Å²) in [5, 5.41) is 3.38. The molecule has 4 nitrogen and oxygen atoms in total. The zero-order valence-corrected chi connectivity index (χ0v) is 12.4.